The highest BCUT2D eigenvalue weighted by Gasteiger charge is 2.25. The van der Waals surface area contributed by atoms with Gasteiger partial charge in [0.25, 0.3) is 0 Å². The molecule has 1 aliphatic carbocycles. The van der Waals surface area contributed by atoms with E-state index >= 15 is 0 Å². The minimum absolute atomic E-state index is 0.141. The molecule has 1 unspecified atom stereocenters. The maximum atomic E-state index is 11.1. The molecule has 0 aliphatic heterocycles. The molecule has 0 saturated heterocycles. The van der Waals surface area contributed by atoms with E-state index in [0.29, 0.717) is 5.56 Å². The van der Waals surface area contributed by atoms with Crippen LogP contribution in [-0.4, -0.2) is 22.2 Å². The van der Waals surface area contributed by atoms with Gasteiger partial charge in [0, 0.05) is 5.92 Å². The summed E-state index contributed by atoms with van der Waals surface area (Å²) in [6, 6.07) is 12.1. The molecule has 2 N–H and O–H groups in total. The molecule has 0 amide bonds. The zero-order valence-corrected chi connectivity index (χ0v) is 11.2. The van der Waals surface area contributed by atoms with Gasteiger partial charge in [-0.1, -0.05) is 18.2 Å². The number of carboxylic acid groups (broad SMARTS) is 2. The monoisotopic (exact) mass is 282 g/mol. The van der Waals surface area contributed by atoms with Crippen LogP contribution < -0.4 is 0 Å². The Bertz CT molecular complexity index is 716. The Balaban J connectivity index is 1.98. The molecule has 0 spiro atoms. The van der Waals surface area contributed by atoms with Crippen molar-refractivity contribution in [3.05, 3.63) is 70.3 Å². The summed E-state index contributed by atoms with van der Waals surface area (Å²) in [6.45, 7) is 0. The van der Waals surface area contributed by atoms with E-state index in [0.717, 1.165) is 24.0 Å². The summed E-state index contributed by atoms with van der Waals surface area (Å²) in [5.41, 5.74) is 3.80. The molecule has 21 heavy (non-hydrogen) atoms. The summed E-state index contributed by atoms with van der Waals surface area (Å²) >= 11 is 0. The van der Waals surface area contributed by atoms with Crippen LogP contribution in [0.2, 0.25) is 0 Å². The van der Waals surface area contributed by atoms with Crippen molar-refractivity contribution < 1.29 is 19.8 Å². The fourth-order valence-electron chi connectivity index (χ4n) is 2.94. The molecule has 4 heteroatoms. The van der Waals surface area contributed by atoms with Crippen LogP contribution in [0, 0.1) is 0 Å². The largest absolute Gasteiger partial charge is 0.478 e. The molecule has 1 aliphatic rings. The van der Waals surface area contributed by atoms with Crippen LogP contribution in [0.25, 0.3) is 0 Å². The molecule has 4 nitrogen and oxygen atoms in total. The molecule has 1 atom stereocenters. The summed E-state index contributed by atoms with van der Waals surface area (Å²) < 4.78 is 0. The lowest BCUT2D eigenvalue weighted by Crippen LogP contribution is -2.02. The maximum Gasteiger partial charge on any atom is 0.335 e. The minimum Gasteiger partial charge on any atom is -0.478 e. The van der Waals surface area contributed by atoms with Crippen molar-refractivity contribution in [1.29, 1.82) is 0 Å². The first-order chi connectivity index (χ1) is 10.1. The second-order valence-electron chi connectivity index (χ2n) is 5.24. The lowest BCUT2D eigenvalue weighted by molar-refractivity contribution is 0.0686. The Morgan fingerprint density at radius 2 is 1.52 bits per heavy atom. The highest BCUT2D eigenvalue weighted by Crippen LogP contribution is 2.38. The van der Waals surface area contributed by atoms with Crippen LogP contribution in [0.3, 0.4) is 0 Å². The predicted octanol–water partition coefficient (Wildman–Crippen LogP) is 3.16. The van der Waals surface area contributed by atoms with Crippen LogP contribution in [0.5, 0.6) is 0 Å². The predicted molar refractivity (Wildman–Crippen MR) is 77.0 cm³/mol. The number of carbonyl (C=O) groups is 2. The van der Waals surface area contributed by atoms with Gasteiger partial charge in [0.2, 0.25) is 0 Å². The van der Waals surface area contributed by atoms with Gasteiger partial charge >= 0.3 is 11.9 Å². The molecular formula is C17H14O4. The average Bonchev–Trinajstić information content (AvgIpc) is 2.90. The molecule has 0 fully saturated rings. The lowest BCUT2D eigenvalue weighted by Gasteiger charge is -2.13. The van der Waals surface area contributed by atoms with Gasteiger partial charge in [0.05, 0.1) is 11.1 Å². The minimum atomic E-state index is -0.943. The van der Waals surface area contributed by atoms with Crippen LogP contribution in [0.15, 0.2) is 42.5 Å². The molecule has 0 aromatic heterocycles. The Kier molecular flexibility index (Phi) is 3.22. The Labute approximate surface area is 121 Å². The van der Waals surface area contributed by atoms with Crippen LogP contribution >= 0.6 is 0 Å². The molecular weight excluding hydrogens is 268 g/mol. The Morgan fingerprint density at radius 3 is 2.14 bits per heavy atom. The van der Waals surface area contributed by atoms with E-state index < -0.39 is 11.9 Å². The van der Waals surface area contributed by atoms with Gasteiger partial charge in [-0.2, -0.15) is 0 Å². The highest BCUT2D eigenvalue weighted by atomic mass is 16.4. The van der Waals surface area contributed by atoms with Gasteiger partial charge in [-0.3, -0.25) is 0 Å². The smallest absolute Gasteiger partial charge is 0.335 e. The zero-order valence-electron chi connectivity index (χ0n) is 11.2. The van der Waals surface area contributed by atoms with Crippen molar-refractivity contribution in [2.24, 2.45) is 0 Å². The zero-order chi connectivity index (χ0) is 15.0. The number of aromatic carboxylic acids is 2. The van der Waals surface area contributed by atoms with Gasteiger partial charge in [-0.15, -0.1) is 0 Å². The fourth-order valence-corrected chi connectivity index (χ4v) is 2.94. The topological polar surface area (TPSA) is 74.6 Å². The second-order valence-corrected chi connectivity index (χ2v) is 5.24. The molecule has 0 heterocycles. The number of aryl methyl sites for hydroxylation is 1. The van der Waals surface area contributed by atoms with Crippen molar-refractivity contribution in [2.75, 3.05) is 0 Å². The summed E-state index contributed by atoms with van der Waals surface area (Å²) in [4.78, 5) is 22.0. The van der Waals surface area contributed by atoms with Crippen molar-refractivity contribution in [1.82, 2.24) is 0 Å². The lowest BCUT2D eigenvalue weighted by atomic mass is 9.91. The second kappa shape index (κ2) is 5.05. The van der Waals surface area contributed by atoms with Crippen molar-refractivity contribution in [3.8, 4) is 0 Å². The van der Waals surface area contributed by atoms with Crippen molar-refractivity contribution in [3.63, 3.8) is 0 Å². The first kappa shape index (κ1) is 13.4. The standard InChI is InChI=1S/C17H14O4/c18-16(19)12-4-1-10(2-5-12)14-8-7-11-3-6-13(17(20)21)9-15(11)14/h1-6,9,14H,7-8H2,(H,18,19)(H,20,21). The molecule has 3 rings (SSSR count). The SMILES string of the molecule is O=C(O)c1ccc(C2CCc3ccc(C(=O)O)cc32)cc1. The van der Waals surface area contributed by atoms with Gasteiger partial charge in [0.1, 0.15) is 0 Å². The van der Waals surface area contributed by atoms with E-state index in [2.05, 4.69) is 0 Å². The first-order valence-corrected chi connectivity index (χ1v) is 6.75. The highest BCUT2D eigenvalue weighted by molar-refractivity contribution is 5.88. The third-order valence-electron chi connectivity index (χ3n) is 4.03. The van der Waals surface area contributed by atoms with E-state index in [1.54, 1.807) is 24.3 Å². The van der Waals surface area contributed by atoms with E-state index in [1.807, 2.05) is 18.2 Å². The van der Waals surface area contributed by atoms with Crippen molar-refractivity contribution in [2.45, 2.75) is 18.8 Å². The average molecular weight is 282 g/mol. The molecule has 106 valence electrons. The van der Waals surface area contributed by atoms with Crippen LogP contribution in [0.4, 0.5) is 0 Å². The summed E-state index contributed by atoms with van der Waals surface area (Å²) in [6.07, 6.45) is 1.84. The third kappa shape index (κ3) is 2.40. The number of rotatable bonds is 3. The van der Waals surface area contributed by atoms with Gasteiger partial charge < -0.3 is 10.2 Å². The summed E-state index contributed by atoms with van der Waals surface area (Å²) in [7, 11) is 0. The number of benzene rings is 2. The van der Waals surface area contributed by atoms with E-state index in [9.17, 15) is 9.59 Å². The fraction of sp³-hybridized carbons (Fsp3) is 0.176. The third-order valence-corrected chi connectivity index (χ3v) is 4.03. The van der Waals surface area contributed by atoms with Crippen molar-refractivity contribution >= 4 is 11.9 Å². The molecule has 2 aromatic rings. The van der Waals surface area contributed by atoms with Gasteiger partial charge in [-0.05, 0) is 53.8 Å². The Hall–Kier alpha value is -2.62. The number of fused-ring (bicyclic) bond motifs is 1. The number of hydrogen-bond donors (Lipinski definition) is 2. The molecule has 0 bridgehead atoms. The quantitative estimate of drug-likeness (QED) is 0.906. The first-order valence-electron chi connectivity index (χ1n) is 6.75. The molecule has 0 saturated carbocycles. The van der Waals surface area contributed by atoms with Gasteiger partial charge in [-0.25, -0.2) is 9.59 Å². The molecule has 0 radical (unpaired) electrons. The van der Waals surface area contributed by atoms with E-state index in [4.69, 9.17) is 10.2 Å². The Morgan fingerprint density at radius 1 is 0.905 bits per heavy atom. The number of carboxylic acids is 2. The van der Waals surface area contributed by atoms with Crippen LogP contribution in [-0.2, 0) is 6.42 Å². The summed E-state index contributed by atoms with van der Waals surface area (Å²) in [5.74, 6) is -1.73. The number of hydrogen-bond acceptors (Lipinski definition) is 2. The van der Waals surface area contributed by atoms with Gasteiger partial charge in [0.15, 0.2) is 0 Å². The normalized spacial score (nSPS) is 16.5. The molecule has 2 aromatic carbocycles. The summed E-state index contributed by atoms with van der Waals surface area (Å²) in [5, 5.41) is 18.0. The van der Waals surface area contributed by atoms with E-state index in [1.165, 1.54) is 5.56 Å². The van der Waals surface area contributed by atoms with E-state index in [-0.39, 0.29) is 11.5 Å². The maximum absolute atomic E-state index is 11.1. The van der Waals surface area contributed by atoms with Crippen LogP contribution in [0.1, 0.15) is 49.7 Å².